The zero-order valence-electron chi connectivity index (χ0n) is 10.0. The number of para-hydroxylation sites is 1. The summed E-state index contributed by atoms with van der Waals surface area (Å²) in [5, 5.41) is 9.16. The van der Waals surface area contributed by atoms with Crippen LogP contribution in [0, 0.1) is 0 Å². The summed E-state index contributed by atoms with van der Waals surface area (Å²) in [5.41, 5.74) is 0.851. The third-order valence-electron chi connectivity index (χ3n) is 3.06. The number of aliphatic hydroxyl groups is 1. The lowest BCUT2D eigenvalue weighted by atomic mass is 10.2. The smallest absolute Gasteiger partial charge is 0.137 e. The maximum atomic E-state index is 9.16. The van der Waals surface area contributed by atoms with Gasteiger partial charge in [-0.3, -0.25) is 0 Å². The van der Waals surface area contributed by atoms with Gasteiger partial charge in [0.25, 0.3) is 0 Å². The molecule has 0 atom stereocenters. The molecule has 2 rings (SSSR count). The summed E-state index contributed by atoms with van der Waals surface area (Å²) in [6.07, 6.45) is 0. The average molecular weight is 238 g/mol. The van der Waals surface area contributed by atoms with Crippen LogP contribution in [0.25, 0.3) is 0 Å². The van der Waals surface area contributed by atoms with E-state index in [4.69, 9.17) is 14.6 Å². The highest BCUT2D eigenvalue weighted by Crippen LogP contribution is 2.16. The summed E-state index contributed by atoms with van der Waals surface area (Å²) in [7, 11) is 0. The molecule has 1 aromatic carbocycles. The van der Waals surface area contributed by atoms with Crippen LogP contribution in [0.2, 0.25) is 0 Å². The minimum absolute atomic E-state index is 0.0284. The molecule has 1 saturated heterocycles. The lowest BCUT2D eigenvalue weighted by molar-refractivity contribution is -0.908. The molecule has 0 unspecified atom stereocenters. The van der Waals surface area contributed by atoms with E-state index in [1.165, 1.54) is 4.90 Å². The van der Waals surface area contributed by atoms with Crippen LogP contribution < -0.4 is 9.64 Å². The van der Waals surface area contributed by atoms with Gasteiger partial charge < -0.3 is 19.5 Å². The molecule has 0 spiro atoms. The van der Waals surface area contributed by atoms with Gasteiger partial charge in [0.15, 0.2) is 0 Å². The highest BCUT2D eigenvalue weighted by Gasteiger charge is 2.13. The van der Waals surface area contributed by atoms with E-state index in [-0.39, 0.29) is 6.61 Å². The number of morpholine rings is 1. The van der Waals surface area contributed by atoms with Gasteiger partial charge >= 0.3 is 0 Å². The molecule has 17 heavy (non-hydrogen) atoms. The molecular weight excluding hydrogens is 218 g/mol. The summed E-state index contributed by atoms with van der Waals surface area (Å²) < 4.78 is 11.0. The SMILES string of the molecule is OCc1ccccc1OCC[NH+]1CCOCC1. The summed E-state index contributed by atoms with van der Waals surface area (Å²) in [6.45, 7) is 5.52. The lowest BCUT2D eigenvalue weighted by Gasteiger charge is -2.23. The largest absolute Gasteiger partial charge is 0.487 e. The second-order valence-corrected chi connectivity index (χ2v) is 4.23. The summed E-state index contributed by atoms with van der Waals surface area (Å²) in [5.74, 6) is 0.794. The van der Waals surface area contributed by atoms with Crippen molar-refractivity contribution in [3.8, 4) is 5.75 Å². The molecule has 4 nitrogen and oxygen atoms in total. The first kappa shape index (κ1) is 12.4. The van der Waals surface area contributed by atoms with E-state index < -0.39 is 0 Å². The standard InChI is InChI=1S/C13H19NO3/c15-11-12-3-1-2-4-13(12)17-10-7-14-5-8-16-9-6-14/h1-4,15H,5-11H2/p+1. The Labute approximate surface area is 102 Å². The Kier molecular flexibility index (Phi) is 4.79. The van der Waals surface area contributed by atoms with Crippen LogP contribution in [-0.2, 0) is 11.3 Å². The number of hydrogen-bond donors (Lipinski definition) is 2. The highest BCUT2D eigenvalue weighted by molar-refractivity contribution is 5.32. The molecule has 1 aromatic rings. The normalized spacial score (nSPS) is 17.0. The van der Waals surface area contributed by atoms with Crippen molar-refractivity contribution in [1.29, 1.82) is 0 Å². The Bertz CT molecular complexity index is 337. The molecule has 1 aliphatic rings. The van der Waals surface area contributed by atoms with Gasteiger partial charge in [-0.15, -0.1) is 0 Å². The van der Waals surface area contributed by atoms with Crippen LogP contribution in [0.15, 0.2) is 24.3 Å². The Morgan fingerprint density at radius 3 is 2.76 bits per heavy atom. The van der Waals surface area contributed by atoms with Crippen LogP contribution >= 0.6 is 0 Å². The predicted molar refractivity (Wildman–Crippen MR) is 64.2 cm³/mol. The minimum atomic E-state index is 0.0284. The van der Waals surface area contributed by atoms with Crippen molar-refractivity contribution in [2.24, 2.45) is 0 Å². The van der Waals surface area contributed by atoms with Gasteiger partial charge in [-0.25, -0.2) is 0 Å². The predicted octanol–water partition coefficient (Wildman–Crippen LogP) is -0.527. The van der Waals surface area contributed by atoms with E-state index in [0.29, 0.717) is 6.61 Å². The second kappa shape index (κ2) is 6.59. The van der Waals surface area contributed by atoms with E-state index in [1.807, 2.05) is 24.3 Å². The maximum Gasteiger partial charge on any atom is 0.137 e. The molecule has 1 heterocycles. The number of quaternary nitrogens is 1. The number of rotatable bonds is 5. The van der Waals surface area contributed by atoms with Crippen molar-refractivity contribution in [2.75, 3.05) is 39.5 Å². The fraction of sp³-hybridized carbons (Fsp3) is 0.538. The fourth-order valence-electron chi connectivity index (χ4n) is 1.99. The van der Waals surface area contributed by atoms with Crippen molar-refractivity contribution in [2.45, 2.75) is 6.61 Å². The van der Waals surface area contributed by atoms with Crippen LogP contribution in [-0.4, -0.2) is 44.6 Å². The van der Waals surface area contributed by atoms with E-state index in [9.17, 15) is 0 Å². The Balaban J connectivity index is 1.77. The van der Waals surface area contributed by atoms with Crippen LogP contribution in [0.1, 0.15) is 5.56 Å². The number of ether oxygens (including phenoxy) is 2. The van der Waals surface area contributed by atoms with Crippen LogP contribution in [0.5, 0.6) is 5.75 Å². The molecule has 0 aromatic heterocycles. The minimum Gasteiger partial charge on any atom is -0.487 e. The van der Waals surface area contributed by atoms with Crippen molar-refractivity contribution in [3.63, 3.8) is 0 Å². The molecule has 4 heteroatoms. The number of hydrogen-bond acceptors (Lipinski definition) is 3. The van der Waals surface area contributed by atoms with Crippen molar-refractivity contribution in [3.05, 3.63) is 29.8 Å². The molecule has 0 bridgehead atoms. The Morgan fingerprint density at radius 2 is 2.00 bits per heavy atom. The monoisotopic (exact) mass is 238 g/mol. The zero-order valence-corrected chi connectivity index (χ0v) is 10.0. The second-order valence-electron chi connectivity index (χ2n) is 4.23. The van der Waals surface area contributed by atoms with E-state index >= 15 is 0 Å². The first-order valence-electron chi connectivity index (χ1n) is 6.13. The molecule has 0 radical (unpaired) electrons. The van der Waals surface area contributed by atoms with Crippen LogP contribution in [0.3, 0.4) is 0 Å². The van der Waals surface area contributed by atoms with Gasteiger partial charge in [0, 0.05) is 5.56 Å². The molecule has 1 fully saturated rings. The topological polar surface area (TPSA) is 43.1 Å². The lowest BCUT2D eigenvalue weighted by Crippen LogP contribution is -3.14. The van der Waals surface area contributed by atoms with Crippen LogP contribution in [0.4, 0.5) is 0 Å². The molecule has 2 N–H and O–H groups in total. The van der Waals surface area contributed by atoms with E-state index in [2.05, 4.69) is 0 Å². The van der Waals surface area contributed by atoms with Gasteiger partial charge in [-0.2, -0.15) is 0 Å². The van der Waals surface area contributed by atoms with Crippen molar-refractivity contribution < 1.29 is 19.5 Å². The van der Waals surface area contributed by atoms with Gasteiger partial charge in [-0.05, 0) is 6.07 Å². The third kappa shape index (κ3) is 3.70. The molecular formula is C13H20NO3+. The van der Waals surface area contributed by atoms with Gasteiger partial charge in [0.1, 0.15) is 32.0 Å². The molecule has 0 amide bonds. The Morgan fingerprint density at radius 1 is 1.24 bits per heavy atom. The Hall–Kier alpha value is -1.10. The van der Waals surface area contributed by atoms with Crippen molar-refractivity contribution >= 4 is 0 Å². The maximum absolute atomic E-state index is 9.16. The average Bonchev–Trinajstić information content (AvgIpc) is 2.40. The molecule has 94 valence electrons. The summed E-state index contributed by atoms with van der Waals surface area (Å²) in [4.78, 5) is 1.53. The van der Waals surface area contributed by atoms with E-state index in [1.54, 1.807) is 0 Å². The molecule has 1 aliphatic heterocycles. The van der Waals surface area contributed by atoms with Gasteiger partial charge in [0.05, 0.1) is 19.8 Å². The molecule has 0 saturated carbocycles. The number of aliphatic hydroxyl groups excluding tert-OH is 1. The fourth-order valence-corrected chi connectivity index (χ4v) is 1.99. The van der Waals surface area contributed by atoms with Crippen molar-refractivity contribution in [1.82, 2.24) is 0 Å². The number of benzene rings is 1. The zero-order chi connectivity index (χ0) is 11.9. The summed E-state index contributed by atoms with van der Waals surface area (Å²) in [6, 6.07) is 7.62. The summed E-state index contributed by atoms with van der Waals surface area (Å²) >= 11 is 0. The first-order chi connectivity index (χ1) is 8.40. The van der Waals surface area contributed by atoms with Gasteiger partial charge in [-0.1, -0.05) is 18.2 Å². The van der Waals surface area contributed by atoms with E-state index in [0.717, 1.165) is 44.2 Å². The third-order valence-corrected chi connectivity index (χ3v) is 3.06. The first-order valence-corrected chi connectivity index (χ1v) is 6.13. The van der Waals surface area contributed by atoms with Gasteiger partial charge in [0.2, 0.25) is 0 Å². The number of nitrogens with one attached hydrogen (secondary N) is 1. The quantitative estimate of drug-likeness (QED) is 0.725. The molecule has 0 aliphatic carbocycles. The highest BCUT2D eigenvalue weighted by atomic mass is 16.5.